The van der Waals surface area contributed by atoms with Gasteiger partial charge in [0.25, 0.3) is 0 Å². The first-order valence-electron chi connectivity index (χ1n) is 15.6. The molecule has 0 atom stereocenters. The Labute approximate surface area is 270 Å². The molecule has 0 saturated heterocycles. The molecule has 0 spiro atoms. The van der Waals surface area contributed by atoms with Gasteiger partial charge >= 0.3 is 0 Å². The molecule has 4 aromatic carbocycles. The molecule has 0 saturated carbocycles. The molecular formula is C41H27N5O. The third-order valence-electron chi connectivity index (χ3n) is 8.57. The van der Waals surface area contributed by atoms with E-state index in [4.69, 9.17) is 19.4 Å². The zero-order valence-corrected chi connectivity index (χ0v) is 25.3. The molecule has 6 nitrogen and oxygen atoms in total. The van der Waals surface area contributed by atoms with Gasteiger partial charge in [-0.05, 0) is 71.8 Å². The number of nitrogens with zero attached hydrogens (tertiary/aromatic N) is 4. The summed E-state index contributed by atoms with van der Waals surface area (Å²) in [4.78, 5) is 19.7. The Kier molecular flexibility index (Phi) is 6.42. The Morgan fingerprint density at radius 3 is 2.23 bits per heavy atom. The van der Waals surface area contributed by atoms with Crippen molar-refractivity contribution in [3.63, 3.8) is 0 Å². The first-order valence-corrected chi connectivity index (χ1v) is 15.6. The van der Waals surface area contributed by atoms with Crippen molar-refractivity contribution in [3.8, 4) is 45.2 Å². The fourth-order valence-electron chi connectivity index (χ4n) is 6.29. The molecule has 1 aliphatic heterocycles. The van der Waals surface area contributed by atoms with E-state index in [9.17, 15) is 0 Å². The van der Waals surface area contributed by atoms with Crippen LogP contribution in [-0.2, 0) is 0 Å². The van der Waals surface area contributed by atoms with E-state index in [0.29, 0.717) is 5.89 Å². The van der Waals surface area contributed by atoms with E-state index in [-0.39, 0.29) is 0 Å². The summed E-state index contributed by atoms with van der Waals surface area (Å²) in [6.07, 6.45) is 8.01. The summed E-state index contributed by atoms with van der Waals surface area (Å²) in [5.74, 6) is 0.608. The van der Waals surface area contributed by atoms with E-state index in [0.717, 1.165) is 90.0 Å². The number of aromatic nitrogens is 4. The Hall–Kier alpha value is -6.40. The van der Waals surface area contributed by atoms with Gasteiger partial charge in [0.05, 0.1) is 34.0 Å². The van der Waals surface area contributed by atoms with Crippen molar-refractivity contribution in [2.45, 2.75) is 0 Å². The van der Waals surface area contributed by atoms with Crippen LogP contribution in [-0.4, -0.2) is 26.5 Å². The van der Waals surface area contributed by atoms with Crippen LogP contribution < -0.4 is 5.32 Å². The van der Waals surface area contributed by atoms with E-state index in [1.165, 1.54) is 0 Å². The monoisotopic (exact) mass is 605 g/mol. The van der Waals surface area contributed by atoms with Crippen LogP contribution in [0, 0.1) is 0 Å². The number of pyridine rings is 3. The van der Waals surface area contributed by atoms with Gasteiger partial charge in [-0.2, -0.15) is 0 Å². The van der Waals surface area contributed by atoms with Crippen LogP contribution in [0.15, 0.2) is 150 Å². The molecule has 5 heterocycles. The van der Waals surface area contributed by atoms with Crippen LogP contribution in [0.25, 0.3) is 83.7 Å². The number of hydrogen-bond acceptors (Lipinski definition) is 6. The Bertz CT molecular complexity index is 2500. The number of para-hydroxylation sites is 1. The minimum absolute atomic E-state index is 0.608. The highest BCUT2D eigenvalue weighted by atomic mass is 16.3. The second-order valence-corrected chi connectivity index (χ2v) is 11.5. The Morgan fingerprint density at radius 1 is 0.596 bits per heavy atom. The van der Waals surface area contributed by atoms with Gasteiger partial charge in [-0.1, -0.05) is 78.9 Å². The van der Waals surface area contributed by atoms with E-state index < -0.39 is 0 Å². The van der Waals surface area contributed by atoms with Crippen LogP contribution in [0.3, 0.4) is 0 Å². The largest absolute Gasteiger partial charge is 0.436 e. The van der Waals surface area contributed by atoms with Gasteiger partial charge < -0.3 is 9.73 Å². The maximum Gasteiger partial charge on any atom is 0.227 e. The molecule has 222 valence electrons. The van der Waals surface area contributed by atoms with Crippen molar-refractivity contribution in [1.29, 1.82) is 0 Å². The molecule has 47 heavy (non-hydrogen) atoms. The molecule has 0 bridgehead atoms. The summed E-state index contributed by atoms with van der Waals surface area (Å²) in [6.45, 7) is 0.770. The molecule has 1 N–H and O–H groups in total. The minimum Gasteiger partial charge on any atom is -0.436 e. The average Bonchev–Trinajstić information content (AvgIpc) is 3.60. The molecule has 0 aliphatic carbocycles. The van der Waals surface area contributed by atoms with Crippen LogP contribution in [0.1, 0.15) is 5.69 Å². The van der Waals surface area contributed by atoms with Crippen LogP contribution >= 0.6 is 0 Å². The average molecular weight is 606 g/mol. The third kappa shape index (κ3) is 4.84. The van der Waals surface area contributed by atoms with Gasteiger partial charge in [0.1, 0.15) is 5.52 Å². The lowest BCUT2D eigenvalue weighted by atomic mass is 9.97. The molecule has 0 amide bonds. The normalized spacial score (nSPS) is 12.8. The number of allylic oxidation sites excluding steroid dienone is 2. The number of oxazole rings is 1. The van der Waals surface area contributed by atoms with Gasteiger partial charge in [0, 0.05) is 40.0 Å². The first-order chi connectivity index (χ1) is 23.3. The topological polar surface area (TPSA) is 76.7 Å². The van der Waals surface area contributed by atoms with Crippen LogP contribution in [0.5, 0.6) is 0 Å². The molecule has 0 unspecified atom stereocenters. The molecule has 6 heteroatoms. The zero-order valence-electron chi connectivity index (χ0n) is 25.3. The van der Waals surface area contributed by atoms with Crippen molar-refractivity contribution < 1.29 is 4.42 Å². The number of nitrogens with one attached hydrogen (secondary N) is 1. The van der Waals surface area contributed by atoms with Gasteiger partial charge in [-0.25, -0.2) is 15.0 Å². The number of rotatable bonds is 5. The van der Waals surface area contributed by atoms with Crippen LogP contribution in [0.4, 0.5) is 0 Å². The molecule has 8 aromatic rings. The SMILES string of the molecule is C1=CCNC(c2cc(-c3ccc(-c4nc5ccccc5c5c4ccc4oc(-c6ccccc6)nc45)cc3)cc(-c3ccccn3)n2)=C1. The minimum atomic E-state index is 0.608. The van der Waals surface area contributed by atoms with E-state index in [1.54, 1.807) is 6.20 Å². The molecule has 1 aliphatic rings. The molecule has 9 rings (SSSR count). The predicted molar refractivity (Wildman–Crippen MR) is 189 cm³/mol. The van der Waals surface area contributed by atoms with Gasteiger partial charge in [0.15, 0.2) is 5.58 Å². The highest BCUT2D eigenvalue weighted by Crippen LogP contribution is 2.39. The summed E-state index contributed by atoms with van der Waals surface area (Å²) in [5.41, 5.74) is 11.1. The Balaban J connectivity index is 1.18. The number of hydrogen-bond donors (Lipinski definition) is 1. The summed E-state index contributed by atoms with van der Waals surface area (Å²) in [7, 11) is 0. The summed E-state index contributed by atoms with van der Waals surface area (Å²) >= 11 is 0. The quantitative estimate of drug-likeness (QED) is 0.197. The second kappa shape index (κ2) is 11.2. The first kappa shape index (κ1) is 27.0. The fourth-order valence-corrected chi connectivity index (χ4v) is 6.29. The van der Waals surface area contributed by atoms with Crippen molar-refractivity contribution in [3.05, 3.63) is 151 Å². The maximum absolute atomic E-state index is 6.26. The maximum atomic E-state index is 6.26. The second-order valence-electron chi connectivity index (χ2n) is 11.5. The van der Waals surface area contributed by atoms with E-state index in [2.05, 4.69) is 83.1 Å². The fraction of sp³-hybridized carbons (Fsp3) is 0.0244. The lowest BCUT2D eigenvalue weighted by Crippen LogP contribution is -2.15. The highest BCUT2D eigenvalue weighted by molar-refractivity contribution is 6.20. The van der Waals surface area contributed by atoms with Crippen LogP contribution in [0.2, 0.25) is 0 Å². The van der Waals surface area contributed by atoms with Crippen molar-refractivity contribution in [1.82, 2.24) is 25.3 Å². The van der Waals surface area contributed by atoms with Gasteiger partial charge in [-0.15, -0.1) is 0 Å². The zero-order chi connectivity index (χ0) is 31.2. The van der Waals surface area contributed by atoms with E-state index in [1.807, 2.05) is 66.7 Å². The number of benzene rings is 4. The molecule has 4 aromatic heterocycles. The lowest BCUT2D eigenvalue weighted by Gasteiger charge is -2.15. The summed E-state index contributed by atoms with van der Waals surface area (Å²) in [6, 6.07) is 41.1. The lowest BCUT2D eigenvalue weighted by molar-refractivity contribution is 0.620. The Morgan fingerprint density at radius 2 is 1.40 bits per heavy atom. The van der Waals surface area contributed by atoms with Crippen molar-refractivity contribution >= 4 is 38.5 Å². The van der Waals surface area contributed by atoms with Crippen molar-refractivity contribution in [2.75, 3.05) is 6.54 Å². The summed E-state index contributed by atoms with van der Waals surface area (Å²) in [5, 5.41) is 6.57. The number of fused-ring (bicyclic) bond motifs is 5. The van der Waals surface area contributed by atoms with Gasteiger partial charge in [0.2, 0.25) is 5.89 Å². The standard InChI is InChI=1S/C41H27N5O/c1-2-10-28(11-3-1)41-46-40-37(47-41)21-20-31-38(40)30-12-4-5-13-32(30)45-39(31)27-18-16-26(17-19-27)29-24-35(33-14-6-8-22-42-33)44-36(25-29)34-15-7-9-23-43-34/h1-22,24-25,43H,23H2. The third-order valence-corrected chi connectivity index (χ3v) is 8.57. The van der Waals surface area contributed by atoms with E-state index >= 15 is 0 Å². The van der Waals surface area contributed by atoms with Gasteiger partial charge in [-0.3, -0.25) is 4.98 Å². The molecule has 0 fully saturated rings. The molecular weight excluding hydrogens is 578 g/mol. The summed E-state index contributed by atoms with van der Waals surface area (Å²) < 4.78 is 6.26. The smallest absolute Gasteiger partial charge is 0.227 e. The van der Waals surface area contributed by atoms with Crippen molar-refractivity contribution in [2.24, 2.45) is 0 Å². The molecule has 0 radical (unpaired) electrons. The number of dihydropyridines is 1. The highest BCUT2D eigenvalue weighted by Gasteiger charge is 2.18. The predicted octanol–water partition coefficient (Wildman–Crippen LogP) is 9.49.